The Labute approximate surface area is 114 Å². The van der Waals surface area contributed by atoms with Gasteiger partial charge in [0.25, 0.3) is 0 Å². The van der Waals surface area contributed by atoms with Crippen LogP contribution in [-0.4, -0.2) is 25.5 Å². The molecule has 0 aromatic heterocycles. The molecule has 3 unspecified atom stereocenters. The van der Waals surface area contributed by atoms with Crippen LogP contribution >= 0.6 is 11.8 Å². The van der Waals surface area contributed by atoms with Crippen LogP contribution in [0, 0.1) is 0 Å². The minimum Gasteiger partial charge on any atom is -0.381 e. The van der Waals surface area contributed by atoms with Gasteiger partial charge < -0.3 is 10.1 Å². The van der Waals surface area contributed by atoms with Gasteiger partial charge in [-0.3, -0.25) is 0 Å². The molecule has 1 aliphatic carbocycles. The van der Waals surface area contributed by atoms with E-state index in [0.717, 1.165) is 6.42 Å². The van der Waals surface area contributed by atoms with Gasteiger partial charge in [-0.25, -0.2) is 0 Å². The summed E-state index contributed by atoms with van der Waals surface area (Å²) in [6, 6.07) is 9.88. The van der Waals surface area contributed by atoms with Crippen molar-refractivity contribution in [2.75, 3.05) is 13.4 Å². The lowest BCUT2D eigenvalue weighted by Crippen LogP contribution is -2.29. The minimum absolute atomic E-state index is 0.418. The number of ether oxygens (including phenoxy) is 1. The Morgan fingerprint density at radius 1 is 1.28 bits per heavy atom. The minimum atomic E-state index is 0.418. The Balaban J connectivity index is 1.89. The van der Waals surface area contributed by atoms with Gasteiger partial charge in [-0.1, -0.05) is 12.1 Å². The maximum absolute atomic E-state index is 5.42. The van der Waals surface area contributed by atoms with Crippen LogP contribution in [0.15, 0.2) is 29.2 Å². The molecule has 0 aliphatic heterocycles. The zero-order chi connectivity index (χ0) is 13.0. The zero-order valence-corrected chi connectivity index (χ0v) is 12.3. The van der Waals surface area contributed by atoms with Crippen LogP contribution in [-0.2, 0) is 4.74 Å². The zero-order valence-electron chi connectivity index (χ0n) is 11.5. The van der Waals surface area contributed by atoms with E-state index in [4.69, 9.17) is 4.74 Å². The molecule has 100 valence electrons. The SMILES string of the molecule is COC1CCC(NC(C)c2ccc(SC)cc2)C1. The summed E-state index contributed by atoms with van der Waals surface area (Å²) in [5, 5.41) is 3.71. The molecule has 0 heterocycles. The average Bonchev–Trinajstić information content (AvgIpc) is 2.86. The first kappa shape index (κ1) is 13.9. The maximum Gasteiger partial charge on any atom is 0.0586 e. The van der Waals surface area contributed by atoms with Crippen LogP contribution in [0.3, 0.4) is 0 Å². The maximum atomic E-state index is 5.42. The van der Waals surface area contributed by atoms with Gasteiger partial charge in [-0.2, -0.15) is 0 Å². The van der Waals surface area contributed by atoms with Crippen molar-refractivity contribution in [3.63, 3.8) is 0 Å². The molecule has 1 aromatic rings. The lowest BCUT2D eigenvalue weighted by molar-refractivity contribution is 0.106. The molecular weight excluding hydrogens is 242 g/mol. The monoisotopic (exact) mass is 265 g/mol. The summed E-state index contributed by atoms with van der Waals surface area (Å²) in [6.07, 6.45) is 6.12. The number of hydrogen-bond acceptors (Lipinski definition) is 3. The van der Waals surface area contributed by atoms with Crippen molar-refractivity contribution in [3.8, 4) is 0 Å². The standard InChI is InChI=1S/C15H23NOS/c1-11(12-4-8-15(18-3)9-5-12)16-13-6-7-14(10-13)17-2/h4-5,8-9,11,13-14,16H,6-7,10H2,1-3H3. The fourth-order valence-corrected chi connectivity index (χ4v) is 3.06. The summed E-state index contributed by atoms with van der Waals surface area (Å²) < 4.78 is 5.42. The van der Waals surface area contributed by atoms with Gasteiger partial charge in [0.1, 0.15) is 0 Å². The summed E-state index contributed by atoms with van der Waals surface area (Å²) in [5.74, 6) is 0. The van der Waals surface area contributed by atoms with Crippen molar-refractivity contribution in [2.24, 2.45) is 0 Å². The molecule has 2 nitrogen and oxygen atoms in total. The Hall–Kier alpha value is -0.510. The van der Waals surface area contributed by atoms with Gasteiger partial charge in [-0.15, -0.1) is 11.8 Å². The summed E-state index contributed by atoms with van der Waals surface area (Å²) in [5.41, 5.74) is 1.37. The smallest absolute Gasteiger partial charge is 0.0586 e. The van der Waals surface area contributed by atoms with Gasteiger partial charge in [0, 0.05) is 24.1 Å². The van der Waals surface area contributed by atoms with E-state index in [2.05, 4.69) is 42.8 Å². The topological polar surface area (TPSA) is 21.3 Å². The van der Waals surface area contributed by atoms with Crippen LogP contribution in [0.1, 0.15) is 37.8 Å². The molecular formula is C15H23NOS. The third-order valence-electron chi connectivity index (χ3n) is 3.82. The van der Waals surface area contributed by atoms with Crippen molar-refractivity contribution >= 4 is 11.8 Å². The molecule has 3 atom stereocenters. The van der Waals surface area contributed by atoms with Crippen LogP contribution in [0.25, 0.3) is 0 Å². The number of methoxy groups -OCH3 is 1. The number of nitrogens with one attached hydrogen (secondary N) is 1. The molecule has 0 bridgehead atoms. The quantitative estimate of drug-likeness (QED) is 0.822. The van der Waals surface area contributed by atoms with Crippen molar-refractivity contribution in [1.29, 1.82) is 0 Å². The summed E-state index contributed by atoms with van der Waals surface area (Å²) >= 11 is 1.79. The average molecular weight is 265 g/mol. The van der Waals surface area contributed by atoms with Gasteiger partial charge >= 0.3 is 0 Å². The first-order chi connectivity index (χ1) is 8.72. The Bertz CT molecular complexity index is 365. The van der Waals surface area contributed by atoms with Crippen LogP contribution < -0.4 is 5.32 Å². The molecule has 1 aromatic carbocycles. The Kier molecular flexibility index (Phi) is 5.10. The van der Waals surface area contributed by atoms with E-state index in [9.17, 15) is 0 Å². The molecule has 1 saturated carbocycles. The number of hydrogen-bond donors (Lipinski definition) is 1. The van der Waals surface area contributed by atoms with E-state index in [-0.39, 0.29) is 0 Å². The number of rotatable bonds is 5. The predicted molar refractivity (Wildman–Crippen MR) is 78.2 cm³/mol. The van der Waals surface area contributed by atoms with E-state index in [1.54, 1.807) is 11.8 Å². The first-order valence-corrected chi connectivity index (χ1v) is 7.88. The second-order valence-electron chi connectivity index (χ2n) is 5.03. The highest BCUT2D eigenvalue weighted by Crippen LogP contribution is 2.25. The van der Waals surface area contributed by atoms with Crippen LogP contribution in [0.4, 0.5) is 0 Å². The Morgan fingerprint density at radius 3 is 2.56 bits per heavy atom. The predicted octanol–water partition coefficient (Wildman–Crippen LogP) is 3.63. The van der Waals surface area contributed by atoms with Gasteiger partial charge in [0.15, 0.2) is 0 Å². The summed E-state index contributed by atoms with van der Waals surface area (Å²) in [7, 11) is 1.82. The molecule has 2 rings (SSSR count). The highest BCUT2D eigenvalue weighted by Gasteiger charge is 2.25. The normalized spacial score (nSPS) is 25.3. The molecule has 0 radical (unpaired) electrons. The van der Waals surface area contributed by atoms with Crippen molar-refractivity contribution in [1.82, 2.24) is 5.32 Å². The molecule has 1 N–H and O–H groups in total. The molecule has 1 fully saturated rings. The van der Waals surface area contributed by atoms with Gasteiger partial charge in [0.2, 0.25) is 0 Å². The molecule has 3 heteroatoms. The largest absolute Gasteiger partial charge is 0.381 e. The molecule has 1 aliphatic rings. The fourth-order valence-electron chi connectivity index (χ4n) is 2.65. The molecule has 0 amide bonds. The van der Waals surface area contributed by atoms with Crippen LogP contribution in [0.5, 0.6) is 0 Å². The number of thioether (sulfide) groups is 1. The van der Waals surface area contributed by atoms with E-state index in [1.807, 2.05) is 7.11 Å². The van der Waals surface area contributed by atoms with Crippen LogP contribution in [0.2, 0.25) is 0 Å². The first-order valence-electron chi connectivity index (χ1n) is 6.65. The third-order valence-corrected chi connectivity index (χ3v) is 4.56. The van der Waals surface area contributed by atoms with E-state index >= 15 is 0 Å². The van der Waals surface area contributed by atoms with E-state index < -0.39 is 0 Å². The van der Waals surface area contributed by atoms with Gasteiger partial charge in [0.05, 0.1) is 6.10 Å². The summed E-state index contributed by atoms with van der Waals surface area (Å²) in [4.78, 5) is 1.33. The number of benzene rings is 1. The Morgan fingerprint density at radius 2 is 2.00 bits per heavy atom. The van der Waals surface area contributed by atoms with Crippen molar-refractivity contribution in [2.45, 2.75) is 49.3 Å². The second-order valence-corrected chi connectivity index (χ2v) is 5.91. The molecule has 0 saturated heterocycles. The van der Waals surface area contributed by atoms with E-state index in [1.165, 1.54) is 23.3 Å². The fraction of sp³-hybridized carbons (Fsp3) is 0.600. The molecule has 18 heavy (non-hydrogen) atoms. The van der Waals surface area contributed by atoms with Crippen molar-refractivity contribution in [3.05, 3.63) is 29.8 Å². The highest BCUT2D eigenvalue weighted by molar-refractivity contribution is 7.98. The third kappa shape index (κ3) is 3.50. The summed E-state index contributed by atoms with van der Waals surface area (Å²) in [6.45, 7) is 2.24. The second kappa shape index (κ2) is 6.60. The van der Waals surface area contributed by atoms with Crippen molar-refractivity contribution < 1.29 is 4.74 Å². The lowest BCUT2D eigenvalue weighted by Gasteiger charge is -2.20. The highest BCUT2D eigenvalue weighted by atomic mass is 32.2. The van der Waals surface area contributed by atoms with E-state index in [0.29, 0.717) is 18.2 Å². The molecule has 0 spiro atoms. The van der Waals surface area contributed by atoms with Gasteiger partial charge in [-0.05, 0) is 50.1 Å². The lowest BCUT2D eigenvalue weighted by atomic mass is 10.1.